The van der Waals surface area contributed by atoms with E-state index in [1.165, 1.54) is 0 Å². The lowest BCUT2D eigenvalue weighted by Gasteiger charge is -2.27. The molecule has 0 aliphatic carbocycles. The number of H-pyrrole nitrogens is 1. The molecule has 1 aromatic carbocycles. The van der Waals surface area contributed by atoms with E-state index in [9.17, 15) is 4.79 Å². The fourth-order valence-electron chi connectivity index (χ4n) is 2.13. The number of carbonyl (C=O) groups excluding carboxylic acids is 1. The predicted octanol–water partition coefficient (Wildman–Crippen LogP) is 0.113. The molecule has 1 fully saturated rings. The van der Waals surface area contributed by atoms with Crippen LogP contribution in [0.2, 0.25) is 0 Å². The average Bonchev–Trinajstić information content (AvgIpc) is 2.87. The van der Waals surface area contributed by atoms with Gasteiger partial charge in [0.2, 0.25) is 0 Å². The number of nitrogens with one attached hydrogen (secondary N) is 3. The van der Waals surface area contributed by atoms with Gasteiger partial charge in [-0.05, 0) is 12.1 Å². The summed E-state index contributed by atoms with van der Waals surface area (Å²) in [6, 6.07) is 5.55. The number of aromatic nitrogens is 2. The second kappa shape index (κ2) is 4.75. The summed E-state index contributed by atoms with van der Waals surface area (Å²) in [5, 5.41) is 5.18. The van der Waals surface area contributed by atoms with Crippen molar-refractivity contribution < 1.29 is 4.79 Å². The molecule has 1 saturated heterocycles. The van der Waals surface area contributed by atoms with Crippen LogP contribution in [0.1, 0.15) is 10.4 Å². The van der Waals surface area contributed by atoms with Crippen molar-refractivity contribution >= 4 is 16.9 Å². The van der Waals surface area contributed by atoms with Gasteiger partial charge in [-0.3, -0.25) is 10.2 Å². The molecule has 0 bridgehead atoms. The SMILES string of the molecule is O=C(NN1CCNCC1)c1cccc2[nH]cnc12. The van der Waals surface area contributed by atoms with Gasteiger partial charge in [-0.25, -0.2) is 9.99 Å². The standard InChI is InChI=1S/C12H15N5O/c18-12(16-17-6-4-13-5-7-17)9-2-1-3-10-11(9)15-8-14-10/h1-3,8,13H,4-7H2,(H,14,15)(H,16,18). The lowest BCUT2D eigenvalue weighted by molar-refractivity contribution is 0.0766. The van der Waals surface area contributed by atoms with E-state index in [-0.39, 0.29) is 5.91 Å². The van der Waals surface area contributed by atoms with Crippen LogP contribution in [-0.4, -0.2) is 47.1 Å². The fourth-order valence-corrected chi connectivity index (χ4v) is 2.13. The van der Waals surface area contributed by atoms with Crippen LogP contribution in [0.15, 0.2) is 24.5 Å². The highest BCUT2D eigenvalue weighted by atomic mass is 16.2. The third kappa shape index (κ3) is 2.07. The topological polar surface area (TPSA) is 73.1 Å². The van der Waals surface area contributed by atoms with Crippen LogP contribution in [-0.2, 0) is 0 Å². The molecule has 94 valence electrons. The molecular weight excluding hydrogens is 230 g/mol. The van der Waals surface area contributed by atoms with Crippen molar-refractivity contribution in [3.8, 4) is 0 Å². The molecule has 0 spiro atoms. The van der Waals surface area contributed by atoms with E-state index in [0.717, 1.165) is 31.7 Å². The number of imidazole rings is 1. The van der Waals surface area contributed by atoms with Crippen molar-refractivity contribution in [1.82, 2.24) is 25.7 Å². The first-order chi connectivity index (χ1) is 8.84. The van der Waals surface area contributed by atoms with Crippen molar-refractivity contribution in [2.24, 2.45) is 0 Å². The van der Waals surface area contributed by atoms with Crippen molar-refractivity contribution in [1.29, 1.82) is 0 Å². The molecule has 3 rings (SSSR count). The summed E-state index contributed by atoms with van der Waals surface area (Å²) in [4.78, 5) is 19.4. The van der Waals surface area contributed by atoms with Crippen LogP contribution in [0.5, 0.6) is 0 Å². The molecule has 0 unspecified atom stereocenters. The van der Waals surface area contributed by atoms with E-state index in [1.54, 1.807) is 12.4 Å². The molecule has 1 aliphatic rings. The maximum Gasteiger partial charge on any atom is 0.267 e. The van der Waals surface area contributed by atoms with Gasteiger partial charge in [-0.1, -0.05) is 6.07 Å². The van der Waals surface area contributed by atoms with Crippen molar-refractivity contribution in [3.05, 3.63) is 30.1 Å². The molecule has 0 radical (unpaired) electrons. The Morgan fingerprint density at radius 1 is 1.33 bits per heavy atom. The van der Waals surface area contributed by atoms with Gasteiger partial charge in [0.1, 0.15) is 5.52 Å². The fraction of sp³-hybridized carbons (Fsp3) is 0.333. The van der Waals surface area contributed by atoms with Crippen molar-refractivity contribution in [2.75, 3.05) is 26.2 Å². The third-order valence-corrected chi connectivity index (χ3v) is 3.07. The first kappa shape index (κ1) is 11.2. The van der Waals surface area contributed by atoms with Gasteiger partial charge in [0, 0.05) is 26.2 Å². The van der Waals surface area contributed by atoms with Crippen LogP contribution in [0, 0.1) is 0 Å². The average molecular weight is 245 g/mol. The highest BCUT2D eigenvalue weighted by Gasteiger charge is 2.16. The van der Waals surface area contributed by atoms with Gasteiger partial charge in [0.25, 0.3) is 5.91 Å². The first-order valence-corrected chi connectivity index (χ1v) is 6.03. The Morgan fingerprint density at radius 2 is 2.17 bits per heavy atom. The molecule has 0 saturated carbocycles. The number of hydrogen-bond acceptors (Lipinski definition) is 4. The molecule has 3 N–H and O–H groups in total. The Morgan fingerprint density at radius 3 is 3.00 bits per heavy atom. The lowest BCUT2D eigenvalue weighted by atomic mass is 10.2. The largest absolute Gasteiger partial charge is 0.345 e. The Balaban J connectivity index is 1.81. The number of benzene rings is 1. The Hall–Kier alpha value is -1.92. The number of nitrogens with zero attached hydrogens (tertiary/aromatic N) is 2. The highest BCUT2D eigenvalue weighted by molar-refractivity contribution is 6.04. The number of carbonyl (C=O) groups is 1. The van der Waals surface area contributed by atoms with E-state index >= 15 is 0 Å². The van der Waals surface area contributed by atoms with E-state index in [2.05, 4.69) is 20.7 Å². The van der Waals surface area contributed by atoms with Crippen LogP contribution < -0.4 is 10.7 Å². The molecule has 18 heavy (non-hydrogen) atoms. The van der Waals surface area contributed by atoms with Crippen molar-refractivity contribution in [3.63, 3.8) is 0 Å². The molecule has 2 aromatic rings. The Labute approximate surface area is 104 Å². The van der Waals surface area contributed by atoms with Gasteiger partial charge in [-0.2, -0.15) is 0 Å². The van der Waals surface area contributed by atoms with Gasteiger partial charge >= 0.3 is 0 Å². The van der Waals surface area contributed by atoms with Crippen LogP contribution in [0.3, 0.4) is 0 Å². The Bertz CT molecular complexity index is 558. The molecule has 6 heteroatoms. The van der Waals surface area contributed by atoms with Crippen LogP contribution in [0.25, 0.3) is 11.0 Å². The smallest absolute Gasteiger partial charge is 0.267 e. The predicted molar refractivity (Wildman–Crippen MR) is 68.0 cm³/mol. The number of aromatic amines is 1. The third-order valence-electron chi connectivity index (χ3n) is 3.07. The quantitative estimate of drug-likeness (QED) is 0.702. The lowest BCUT2D eigenvalue weighted by Crippen LogP contribution is -2.52. The van der Waals surface area contributed by atoms with Crippen LogP contribution in [0.4, 0.5) is 0 Å². The van der Waals surface area contributed by atoms with E-state index in [0.29, 0.717) is 11.1 Å². The van der Waals surface area contributed by atoms with Gasteiger partial charge in [0.05, 0.1) is 17.4 Å². The second-order valence-electron chi connectivity index (χ2n) is 4.28. The molecular formula is C12H15N5O. The second-order valence-corrected chi connectivity index (χ2v) is 4.28. The Kier molecular flexibility index (Phi) is 2.95. The number of rotatable bonds is 2. The summed E-state index contributed by atoms with van der Waals surface area (Å²) < 4.78 is 0. The number of hydrogen-bond donors (Lipinski definition) is 3. The monoisotopic (exact) mass is 245 g/mol. The molecule has 0 atom stereocenters. The number of fused-ring (bicyclic) bond motifs is 1. The zero-order chi connectivity index (χ0) is 12.4. The minimum Gasteiger partial charge on any atom is -0.345 e. The molecule has 1 aromatic heterocycles. The summed E-state index contributed by atoms with van der Waals surface area (Å²) >= 11 is 0. The van der Waals surface area contributed by atoms with Gasteiger partial charge in [0.15, 0.2) is 0 Å². The summed E-state index contributed by atoms with van der Waals surface area (Å²) in [6.07, 6.45) is 1.60. The maximum atomic E-state index is 12.2. The number of hydrazine groups is 1. The minimum absolute atomic E-state index is 0.102. The maximum absolute atomic E-state index is 12.2. The summed E-state index contributed by atoms with van der Waals surface area (Å²) in [6.45, 7) is 3.43. The summed E-state index contributed by atoms with van der Waals surface area (Å²) in [7, 11) is 0. The summed E-state index contributed by atoms with van der Waals surface area (Å²) in [5.74, 6) is -0.102. The van der Waals surface area contributed by atoms with Crippen molar-refractivity contribution in [2.45, 2.75) is 0 Å². The summed E-state index contributed by atoms with van der Waals surface area (Å²) in [5.41, 5.74) is 5.11. The van der Waals surface area contributed by atoms with Gasteiger partial charge in [-0.15, -0.1) is 0 Å². The zero-order valence-electron chi connectivity index (χ0n) is 9.94. The number of amides is 1. The van der Waals surface area contributed by atoms with E-state index in [4.69, 9.17) is 0 Å². The zero-order valence-corrected chi connectivity index (χ0v) is 9.94. The van der Waals surface area contributed by atoms with E-state index < -0.39 is 0 Å². The number of para-hydroxylation sites is 1. The van der Waals surface area contributed by atoms with Crippen LogP contribution >= 0.6 is 0 Å². The first-order valence-electron chi connectivity index (χ1n) is 6.03. The number of piperazine rings is 1. The highest BCUT2D eigenvalue weighted by Crippen LogP contribution is 2.14. The molecule has 2 heterocycles. The minimum atomic E-state index is -0.102. The molecule has 6 nitrogen and oxygen atoms in total. The molecule has 1 aliphatic heterocycles. The van der Waals surface area contributed by atoms with E-state index in [1.807, 2.05) is 17.1 Å². The molecule has 1 amide bonds. The normalized spacial score (nSPS) is 16.9. The van der Waals surface area contributed by atoms with Gasteiger partial charge < -0.3 is 10.3 Å².